The van der Waals surface area contributed by atoms with Gasteiger partial charge in [-0.05, 0) is 6.42 Å². The number of hydrogen-bond acceptors (Lipinski definition) is 2. The Kier molecular flexibility index (Phi) is 1.83. The highest BCUT2D eigenvalue weighted by molar-refractivity contribution is 5.72. The summed E-state index contributed by atoms with van der Waals surface area (Å²) in [5, 5.41) is 0. The number of carbonyl (C=O) groups is 1. The second-order valence-corrected chi connectivity index (χ2v) is 3.91. The predicted molar refractivity (Wildman–Crippen MR) is 43.3 cm³/mol. The van der Waals surface area contributed by atoms with Gasteiger partial charge < -0.3 is 9.64 Å². The zero-order valence-electron chi connectivity index (χ0n) is 7.27. The van der Waals surface area contributed by atoms with Crippen LogP contribution in [0.15, 0.2) is 0 Å². The van der Waals surface area contributed by atoms with E-state index in [4.69, 9.17) is 4.74 Å². The van der Waals surface area contributed by atoms with Crippen LogP contribution < -0.4 is 4.90 Å². The number of nitrogens with one attached hydrogen (secondary N) is 1. The van der Waals surface area contributed by atoms with Gasteiger partial charge in [0.05, 0.1) is 13.1 Å². The van der Waals surface area contributed by atoms with Crippen molar-refractivity contribution in [3.05, 3.63) is 7.05 Å². The molecule has 2 heterocycles. The molecule has 0 bridgehead atoms. The van der Waals surface area contributed by atoms with E-state index < -0.39 is 0 Å². The molecule has 2 aliphatic heterocycles. The van der Waals surface area contributed by atoms with Gasteiger partial charge in [-0.1, -0.05) is 0 Å². The minimum absolute atomic E-state index is 0.0116. The van der Waals surface area contributed by atoms with Gasteiger partial charge in [-0.25, -0.2) is 0 Å². The fourth-order valence-electron chi connectivity index (χ4n) is 2.08. The average molecular weight is 169 g/mol. The maximum absolute atomic E-state index is 11.0. The molecule has 0 saturated carbocycles. The van der Waals surface area contributed by atoms with Gasteiger partial charge in [0.25, 0.3) is 0 Å². The van der Waals surface area contributed by atoms with E-state index in [0.717, 1.165) is 32.4 Å². The lowest BCUT2D eigenvalue weighted by molar-refractivity contribution is -0.861. The van der Waals surface area contributed by atoms with E-state index in [2.05, 4.69) is 7.05 Å². The molecule has 0 atom stereocenters. The van der Waals surface area contributed by atoms with Gasteiger partial charge in [-0.2, -0.15) is 7.05 Å². The molecule has 0 radical (unpaired) electrons. The Morgan fingerprint density at radius 3 is 2.50 bits per heavy atom. The molecule has 2 fully saturated rings. The van der Waals surface area contributed by atoms with Crippen LogP contribution in [0.1, 0.15) is 25.7 Å². The van der Waals surface area contributed by atoms with Gasteiger partial charge in [-0.15, -0.1) is 0 Å². The molecule has 1 N–H and O–H groups in total. The van der Waals surface area contributed by atoms with Crippen LogP contribution in [0.3, 0.4) is 0 Å². The summed E-state index contributed by atoms with van der Waals surface area (Å²) in [5.41, 5.74) is -0.0850. The summed E-state index contributed by atoms with van der Waals surface area (Å²) in [4.78, 5) is 12.3. The van der Waals surface area contributed by atoms with E-state index in [0.29, 0.717) is 6.42 Å². The molecule has 2 rings (SSSR count). The zero-order valence-corrected chi connectivity index (χ0v) is 7.27. The first kappa shape index (κ1) is 8.05. The van der Waals surface area contributed by atoms with E-state index in [1.165, 1.54) is 4.90 Å². The van der Waals surface area contributed by atoms with Crippen LogP contribution in [0.2, 0.25) is 0 Å². The molecule has 0 unspecified atom stereocenters. The molecule has 3 heteroatoms. The molecular formula is C9H15NO2. The van der Waals surface area contributed by atoms with Gasteiger partial charge >= 0.3 is 5.97 Å². The number of ether oxygens (including phenoxy) is 1. The number of carbonyl (C=O) groups excluding carboxylic acids is 1. The molecule has 0 aliphatic carbocycles. The van der Waals surface area contributed by atoms with Gasteiger partial charge in [0.1, 0.15) is 5.60 Å². The van der Waals surface area contributed by atoms with E-state index in [9.17, 15) is 4.79 Å². The molecule has 2 saturated heterocycles. The van der Waals surface area contributed by atoms with Gasteiger partial charge in [-0.3, -0.25) is 4.79 Å². The Morgan fingerprint density at radius 2 is 2.00 bits per heavy atom. The number of rotatable bonds is 0. The first-order chi connectivity index (χ1) is 5.70. The smallest absolute Gasteiger partial charge is 0.306 e. The van der Waals surface area contributed by atoms with Crippen molar-refractivity contribution in [3.63, 3.8) is 0 Å². The van der Waals surface area contributed by atoms with Crippen molar-refractivity contribution in [2.24, 2.45) is 0 Å². The van der Waals surface area contributed by atoms with E-state index >= 15 is 0 Å². The number of likely N-dealkylation sites (tertiary alicyclic amines) is 1. The summed E-state index contributed by atoms with van der Waals surface area (Å²) in [6.07, 6.45) is 3.54. The van der Waals surface area contributed by atoms with Crippen LogP contribution in [0.25, 0.3) is 0 Å². The Bertz CT molecular complexity index is 195. The first-order valence-electron chi connectivity index (χ1n) is 4.59. The summed E-state index contributed by atoms with van der Waals surface area (Å²) in [7, 11) is 3.95. The molecule has 12 heavy (non-hydrogen) atoms. The maximum atomic E-state index is 11.0. The summed E-state index contributed by atoms with van der Waals surface area (Å²) >= 11 is 0. The van der Waals surface area contributed by atoms with Crippen molar-refractivity contribution >= 4 is 5.97 Å². The lowest BCUT2D eigenvalue weighted by Gasteiger charge is -2.37. The average Bonchev–Trinajstić information content (AvgIpc) is 2.40. The highest BCUT2D eigenvalue weighted by atomic mass is 16.6. The summed E-state index contributed by atoms with van der Waals surface area (Å²) in [6.45, 7) is 2.07. The third-order valence-electron chi connectivity index (χ3n) is 2.98. The summed E-state index contributed by atoms with van der Waals surface area (Å²) < 4.78 is 5.36. The Morgan fingerprint density at radius 1 is 1.33 bits per heavy atom. The van der Waals surface area contributed by atoms with Crippen molar-refractivity contribution in [3.8, 4) is 0 Å². The Hall–Kier alpha value is -0.570. The highest BCUT2D eigenvalue weighted by Crippen LogP contribution is 2.33. The Labute approximate surface area is 72.7 Å². The molecular weight excluding hydrogens is 154 g/mol. The molecule has 0 aromatic rings. The van der Waals surface area contributed by atoms with Crippen molar-refractivity contribution in [1.82, 2.24) is 0 Å². The molecule has 0 amide bonds. The number of quaternary nitrogens is 1. The predicted octanol–water partition coefficient (Wildman–Crippen LogP) is -0.468. The normalized spacial score (nSPS) is 41.8. The topological polar surface area (TPSA) is 30.7 Å². The van der Waals surface area contributed by atoms with Gasteiger partial charge in [0, 0.05) is 19.3 Å². The molecule has 0 aromatic heterocycles. The van der Waals surface area contributed by atoms with Crippen LogP contribution in [-0.2, 0) is 9.53 Å². The van der Waals surface area contributed by atoms with Crippen molar-refractivity contribution in [2.75, 3.05) is 13.1 Å². The van der Waals surface area contributed by atoms with Crippen LogP contribution in [0.5, 0.6) is 0 Å². The van der Waals surface area contributed by atoms with Crippen LogP contribution in [0.4, 0.5) is 0 Å². The first-order valence-corrected chi connectivity index (χ1v) is 4.59. The molecule has 0 aromatic carbocycles. The zero-order chi connectivity index (χ0) is 8.60. The van der Waals surface area contributed by atoms with Gasteiger partial charge in [0.2, 0.25) is 0 Å². The molecule has 2 aliphatic rings. The number of piperidine rings is 1. The van der Waals surface area contributed by atoms with E-state index in [-0.39, 0.29) is 11.6 Å². The lowest BCUT2D eigenvalue weighted by Crippen LogP contribution is -3.08. The number of esters is 1. The fraction of sp³-hybridized carbons (Fsp3) is 0.778. The minimum Gasteiger partial charge on any atom is -0.468 e. The second-order valence-electron chi connectivity index (χ2n) is 3.91. The van der Waals surface area contributed by atoms with Crippen LogP contribution in [0, 0.1) is 7.05 Å². The SMILES string of the molecule is [CH2-][NH+]1CCC2(CCC(=O)O2)CC1. The fourth-order valence-corrected chi connectivity index (χ4v) is 2.08. The lowest BCUT2D eigenvalue weighted by atomic mass is 9.89. The third kappa shape index (κ3) is 1.33. The maximum Gasteiger partial charge on any atom is 0.306 e. The van der Waals surface area contributed by atoms with Crippen molar-refractivity contribution < 1.29 is 14.4 Å². The Balaban J connectivity index is 1.99. The van der Waals surface area contributed by atoms with E-state index in [1.54, 1.807) is 0 Å². The molecule has 3 nitrogen and oxygen atoms in total. The second kappa shape index (κ2) is 2.73. The van der Waals surface area contributed by atoms with Crippen molar-refractivity contribution in [1.29, 1.82) is 0 Å². The largest absolute Gasteiger partial charge is 0.468 e. The van der Waals surface area contributed by atoms with Crippen LogP contribution in [-0.4, -0.2) is 24.7 Å². The molecule has 68 valence electrons. The molecule has 1 spiro atoms. The third-order valence-corrected chi connectivity index (χ3v) is 2.98. The quantitative estimate of drug-likeness (QED) is 0.392. The van der Waals surface area contributed by atoms with E-state index in [1.807, 2.05) is 0 Å². The standard InChI is InChI=1S/C9H15NO2/c1-10-6-4-9(5-7-10)3-2-8(11)12-9/h10H,1-7H2. The minimum atomic E-state index is -0.0850. The van der Waals surface area contributed by atoms with Gasteiger partial charge in [0.15, 0.2) is 0 Å². The monoisotopic (exact) mass is 169 g/mol. The van der Waals surface area contributed by atoms with Crippen LogP contribution >= 0.6 is 0 Å². The van der Waals surface area contributed by atoms with Crippen molar-refractivity contribution in [2.45, 2.75) is 31.3 Å². The summed E-state index contributed by atoms with van der Waals surface area (Å²) in [6, 6.07) is 0. The highest BCUT2D eigenvalue weighted by Gasteiger charge is 2.42. The summed E-state index contributed by atoms with van der Waals surface area (Å²) in [5.74, 6) is -0.0116. The number of hydrogen-bond donors (Lipinski definition) is 1.